The minimum Gasteiger partial charge on any atom is -0.0917 e. The second-order valence-electron chi connectivity index (χ2n) is 3.79. The molecule has 82 valence electrons. The van der Waals surface area contributed by atoms with Crippen molar-refractivity contribution in [3.63, 3.8) is 0 Å². The summed E-state index contributed by atoms with van der Waals surface area (Å²) in [6.07, 6.45) is 19.7. The average molecular weight is 194 g/mol. The normalized spacial score (nSPS) is 11.9. The number of hydrogen-bond donors (Lipinski definition) is 0. The van der Waals surface area contributed by atoms with E-state index < -0.39 is 0 Å². The van der Waals surface area contributed by atoms with Crippen molar-refractivity contribution in [2.45, 2.75) is 65.2 Å². The molecule has 0 bridgehead atoms. The van der Waals surface area contributed by atoms with Crippen molar-refractivity contribution in [3.05, 3.63) is 24.3 Å². The van der Waals surface area contributed by atoms with E-state index in [1.165, 1.54) is 51.4 Å². The molecule has 0 aromatic carbocycles. The molecule has 0 N–H and O–H groups in total. The van der Waals surface area contributed by atoms with Gasteiger partial charge in [-0.1, -0.05) is 50.5 Å². The largest absolute Gasteiger partial charge is 0.0917 e. The van der Waals surface area contributed by atoms with Gasteiger partial charge in [0.2, 0.25) is 0 Å². The van der Waals surface area contributed by atoms with Crippen LogP contribution < -0.4 is 0 Å². The number of allylic oxidation sites excluding steroid dienone is 4. The first-order valence-electron chi connectivity index (χ1n) is 6.18. The van der Waals surface area contributed by atoms with Crippen LogP contribution in [0.3, 0.4) is 0 Å². The van der Waals surface area contributed by atoms with Gasteiger partial charge in [-0.05, 0) is 39.0 Å². The van der Waals surface area contributed by atoms with Crippen molar-refractivity contribution < 1.29 is 0 Å². The lowest BCUT2D eigenvalue weighted by Gasteiger charge is -1.97. The van der Waals surface area contributed by atoms with E-state index in [1.807, 2.05) is 0 Å². The summed E-state index contributed by atoms with van der Waals surface area (Å²) in [5, 5.41) is 0. The number of unbranched alkanes of at least 4 members (excludes halogenated alkanes) is 6. The van der Waals surface area contributed by atoms with E-state index in [9.17, 15) is 0 Å². The van der Waals surface area contributed by atoms with E-state index >= 15 is 0 Å². The molecule has 0 aromatic heterocycles. The Balaban J connectivity index is 2.95. The zero-order valence-corrected chi connectivity index (χ0v) is 9.97. The van der Waals surface area contributed by atoms with Crippen LogP contribution in [0.5, 0.6) is 0 Å². The Bertz CT molecular complexity index is 142. The molecular weight excluding hydrogens is 168 g/mol. The van der Waals surface area contributed by atoms with Gasteiger partial charge in [0.1, 0.15) is 0 Å². The molecule has 0 saturated carbocycles. The minimum atomic E-state index is 1.18. The Morgan fingerprint density at radius 3 is 1.86 bits per heavy atom. The highest BCUT2D eigenvalue weighted by Gasteiger charge is 1.88. The molecule has 0 spiro atoms. The number of rotatable bonds is 9. The van der Waals surface area contributed by atoms with Gasteiger partial charge in [0.05, 0.1) is 0 Å². The third-order valence-corrected chi connectivity index (χ3v) is 2.38. The van der Waals surface area contributed by atoms with Crippen LogP contribution in [0.4, 0.5) is 0 Å². The van der Waals surface area contributed by atoms with Crippen molar-refractivity contribution >= 4 is 0 Å². The molecular formula is C14H26. The van der Waals surface area contributed by atoms with Crippen molar-refractivity contribution in [2.75, 3.05) is 0 Å². The molecule has 14 heavy (non-hydrogen) atoms. The highest BCUT2D eigenvalue weighted by Crippen LogP contribution is 2.07. The molecule has 0 saturated heterocycles. The summed E-state index contributed by atoms with van der Waals surface area (Å²) in [5.74, 6) is 0. The van der Waals surface area contributed by atoms with Crippen molar-refractivity contribution in [2.24, 2.45) is 0 Å². The average Bonchev–Trinajstić information content (AvgIpc) is 2.21. The van der Waals surface area contributed by atoms with Crippen LogP contribution in [-0.2, 0) is 0 Å². The molecule has 0 rings (SSSR count). The third kappa shape index (κ3) is 11.5. The molecule has 0 radical (unpaired) electrons. The zero-order chi connectivity index (χ0) is 10.5. The predicted octanol–water partition coefficient (Wildman–Crippen LogP) is 5.26. The lowest BCUT2D eigenvalue weighted by Crippen LogP contribution is -1.78. The molecule has 0 aromatic rings. The Labute approximate surface area is 90.1 Å². The van der Waals surface area contributed by atoms with E-state index in [0.717, 1.165) is 0 Å². The Morgan fingerprint density at radius 2 is 1.29 bits per heavy atom. The maximum absolute atomic E-state index is 2.32. The summed E-state index contributed by atoms with van der Waals surface area (Å²) < 4.78 is 0. The van der Waals surface area contributed by atoms with E-state index in [0.29, 0.717) is 0 Å². The Morgan fingerprint density at radius 1 is 0.714 bits per heavy atom. The highest BCUT2D eigenvalue weighted by atomic mass is 13.9. The van der Waals surface area contributed by atoms with Crippen molar-refractivity contribution in [1.82, 2.24) is 0 Å². The Hall–Kier alpha value is -0.520. The van der Waals surface area contributed by atoms with Crippen LogP contribution >= 0.6 is 0 Å². The summed E-state index contributed by atoms with van der Waals surface area (Å²) in [5.41, 5.74) is 0. The summed E-state index contributed by atoms with van der Waals surface area (Å²) in [6.45, 7) is 4.29. The standard InChI is InChI=1S/C14H26/c1-3-5-7-9-11-13-14-12-10-8-6-4-2/h3,5-6,8H,4,7,9-14H2,1-2H3/b5-3+,8-6-. The molecule has 0 heterocycles. The summed E-state index contributed by atoms with van der Waals surface area (Å²) in [4.78, 5) is 0. The first-order chi connectivity index (χ1) is 6.91. The molecule has 0 heteroatoms. The van der Waals surface area contributed by atoms with Crippen LogP contribution in [0.1, 0.15) is 65.2 Å². The predicted molar refractivity (Wildman–Crippen MR) is 66.6 cm³/mol. The first-order valence-corrected chi connectivity index (χ1v) is 6.18. The molecule has 0 unspecified atom stereocenters. The first kappa shape index (κ1) is 13.5. The summed E-state index contributed by atoms with van der Waals surface area (Å²) in [6, 6.07) is 0. The van der Waals surface area contributed by atoms with Gasteiger partial charge in [-0.25, -0.2) is 0 Å². The van der Waals surface area contributed by atoms with E-state index in [2.05, 4.69) is 38.2 Å². The van der Waals surface area contributed by atoms with Crippen LogP contribution in [0, 0.1) is 0 Å². The lowest BCUT2D eigenvalue weighted by atomic mass is 10.1. The van der Waals surface area contributed by atoms with Crippen LogP contribution in [-0.4, -0.2) is 0 Å². The van der Waals surface area contributed by atoms with Crippen LogP contribution in [0.15, 0.2) is 24.3 Å². The lowest BCUT2D eigenvalue weighted by molar-refractivity contribution is 0.621. The molecule has 0 aliphatic heterocycles. The highest BCUT2D eigenvalue weighted by molar-refractivity contribution is 4.79. The van der Waals surface area contributed by atoms with Gasteiger partial charge in [-0.3, -0.25) is 0 Å². The van der Waals surface area contributed by atoms with Gasteiger partial charge >= 0.3 is 0 Å². The third-order valence-electron chi connectivity index (χ3n) is 2.38. The van der Waals surface area contributed by atoms with Gasteiger partial charge in [-0.15, -0.1) is 0 Å². The van der Waals surface area contributed by atoms with Crippen molar-refractivity contribution in [1.29, 1.82) is 0 Å². The molecule has 0 nitrogen and oxygen atoms in total. The molecule has 0 atom stereocenters. The van der Waals surface area contributed by atoms with Gasteiger partial charge < -0.3 is 0 Å². The fraction of sp³-hybridized carbons (Fsp3) is 0.714. The fourth-order valence-corrected chi connectivity index (χ4v) is 1.51. The maximum atomic E-state index is 2.32. The van der Waals surface area contributed by atoms with E-state index in [1.54, 1.807) is 0 Å². The topological polar surface area (TPSA) is 0 Å². The van der Waals surface area contributed by atoms with Gasteiger partial charge in [-0.2, -0.15) is 0 Å². The Kier molecular flexibility index (Phi) is 12.0. The maximum Gasteiger partial charge on any atom is -0.0351 e. The second-order valence-corrected chi connectivity index (χ2v) is 3.79. The smallest absolute Gasteiger partial charge is 0.0351 e. The second kappa shape index (κ2) is 12.5. The molecule has 0 amide bonds. The number of hydrogen-bond acceptors (Lipinski definition) is 0. The van der Waals surface area contributed by atoms with Crippen LogP contribution in [0.2, 0.25) is 0 Å². The van der Waals surface area contributed by atoms with Crippen molar-refractivity contribution in [3.8, 4) is 0 Å². The van der Waals surface area contributed by atoms with E-state index in [4.69, 9.17) is 0 Å². The minimum absolute atomic E-state index is 1.18. The quantitative estimate of drug-likeness (QED) is 0.347. The van der Waals surface area contributed by atoms with Crippen LogP contribution in [0.25, 0.3) is 0 Å². The zero-order valence-electron chi connectivity index (χ0n) is 9.97. The van der Waals surface area contributed by atoms with Gasteiger partial charge in [0.15, 0.2) is 0 Å². The molecule has 0 aliphatic rings. The summed E-state index contributed by atoms with van der Waals surface area (Å²) in [7, 11) is 0. The van der Waals surface area contributed by atoms with Gasteiger partial charge in [0, 0.05) is 0 Å². The van der Waals surface area contributed by atoms with E-state index in [-0.39, 0.29) is 0 Å². The van der Waals surface area contributed by atoms with Gasteiger partial charge in [0.25, 0.3) is 0 Å². The SMILES string of the molecule is C/C=C/CCCCCCC/C=C\CC. The molecule has 0 aliphatic carbocycles. The summed E-state index contributed by atoms with van der Waals surface area (Å²) >= 11 is 0. The monoisotopic (exact) mass is 194 g/mol. The molecule has 0 fully saturated rings. The fourth-order valence-electron chi connectivity index (χ4n) is 1.51.